The van der Waals surface area contributed by atoms with E-state index in [-0.39, 0.29) is 26.9 Å². The van der Waals surface area contributed by atoms with Gasteiger partial charge in [-0.2, -0.15) is 0 Å². The number of aryl methyl sites for hydroxylation is 1. The predicted molar refractivity (Wildman–Crippen MR) is 146 cm³/mol. The molecule has 1 aliphatic rings. The fraction of sp³-hybridized carbons (Fsp3) is 0.304. The third-order valence-electron chi connectivity index (χ3n) is 5.42. The lowest BCUT2D eigenvalue weighted by molar-refractivity contribution is 0.0527. The summed E-state index contributed by atoms with van der Waals surface area (Å²) >= 11 is 12.7. The van der Waals surface area contributed by atoms with Crippen molar-refractivity contribution >= 4 is 72.8 Å². The van der Waals surface area contributed by atoms with Crippen molar-refractivity contribution in [2.75, 3.05) is 22.0 Å². The molecule has 3 N–H and O–H groups in total. The number of carbonyl (C=O) groups excluding carboxylic acids is 1. The van der Waals surface area contributed by atoms with Crippen LogP contribution in [0.1, 0.15) is 47.0 Å². The van der Waals surface area contributed by atoms with Gasteiger partial charge in [-0.05, 0) is 86.8 Å². The minimum Gasteiger partial charge on any atom is -0.462 e. The second-order valence-corrected chi connectivity index (χ2v) is 11.5. The highest BCUT2D eigenvalue weighted by Crippen LogP contribution is 2.38. The zero-order valence-corrected chi connectivity index (χ0v) is 22.5. The van der Waals surface area contributed by atoms with Crippen molar-refractivity contribution in [3.8, 4) is 0 Å². The lowest BCUT2D eigenvalue weighted by atomic mass is 10.1. The molecule has 2 aromatic heterocycles. The Balaban J connectivity index is 1.46. The van der Waals surface area contributed by atoms with Crippen LogP contribution in [0, 0.1) is 0 Å². The van der Waals surface area contributed by atoms with Crippen molar-refractivity contribution < 1.29 is 17.9 Å². The van der Waals surface area contributed by atoms with Gasteiger partial charge in [0.1, 0.15) is 5.00 Å². The molecule has 0 bridgehead atoms. The number of rotatable bonds is 7. The Hall–Kier alpha value is -2.80. The molecular weight excluding hydrogens is 542 g/mol. The molecule has 9 nitrogen and oxygen atoms in total. The molecule has 0 saturated carbocycles. The number of nitrogens with one attached hydrogen (secondary N) is 3. The molecule has 13 heteroatoms. The van der Waals surface area contributed by atoms with E-state index in [1.54, 1.807) is 19.1 Å². The molecule has 0 spiro atoms. The van der Waals surface area contributed by atoms with E-state index in [9.17, 15) is 13.2 Å². The van der Waals surface area contributed by atoms with Crippen molar-refractivity contribution in [3.05, 3.63) is 57.6 Å². The van der Waals surface area contributed by atoms with Gasteiger partial charge in [-0.25, -0.2) is 13.2 Å². The van der Waals surface area contributed by atoms with Crippen LogP contribution in [0.15, 0.2) is 41.3 Å². The summed E-state index contributed by atoms with van der Waals surface area (Å²) in [7, 11) is -3.87. The first-order chi connectivity index (χ1) is 17.3. The molecule has 190 valence electrons. The molecular formula is C23H24ClN5O4S3. The largest absolute Gasteiger partial charge is 0.462 e. The van der Waals surface area contributed by atoms with E-state index in [2.05, 4.69) is 25.6 Å². The Labute approximate surface area is 223 Å². The van der Waals surface area contributed by atoms with Gasteiger partial charge in [-0.3, -0.25) is 4.72 Å². The van der Waals surface area contributed by atoms with E-state index in [0.29, 0.717) is 22.9 Å². The monoisotopic (exact) mass is 565 g/mol. The fourth-order valence-electron chi connectivity index (χ4n) is 3.80. The Morgan fingerprint density at radius 1 is 1.08 bits per heavy atom. The molecule has 3 aromatic rings. The van der Waals surface area contributed by atoms with E-state index in [1.807, 2.05) is 0 Å². The van der Waals surface area contributed by atoms with Crippen LogP contribution in [0.25, 0.3) is 0 Å². The van der Waals surface area contributed by atoms with Gasteiger partial charge in [-0.15, -0.1) is 21.5 Å². The first-order valence-electron chi connectivity index (χ1n) is 11.3. The number of thiophene rings is 1. The number of halogens is 1. The number of fused-ring (bicyclic) bond motifs is 1. The molecule has 0 atom stereocenters. The molecule has 2 heterocycles. The maximum atomic E-state index is 12.7. The highest BCUT2D eigenvalue weighted by molar-refractivity contribution is 7.92. The minimum atomic E-state index is -3.87. The molecule has 0 radical (unpaired) electrons. The SMILES string of the molecule is CCOC(=O)c1c(NC(=S)Nc2ccc(S(=O)(=O)Nc3ccc(Cl)nn3)cc2)sc2c1CCCCC2. The Morgan fingerprint density at radius 2 is 1.83 bits per heavy atom. The smallest absolute Gasteiger partial charge is 0.341 e. The van der Waals surface area contributed by atoms with Crippen molar-refractivity contribution in [2.24, 2.45) is 0 Å². The summed E-state index contributed by atoms with van der Waals surface area (Å²) in [6.07, 6.45) is 5.04. The summed E-state index contributed by atoms with van der Waals surface area (Å²) in [6.45, 7) is 2.07. The third-order valence-corrected chi connectivity index (χ3v) is 8.40. The lowest BCUT2D eigenvalue weighted by Crippen LogP contribution is -2.20. The maximum Gasteiger partial charge on any atom is 0.341 e. The van der Waals surface area contributed by atoms with Crippen LogP contribution in [0.5, 0.6) is 0 Å². The molecule has 36 heavy (non-hydrogen) atoms. The summed E-state index contributed by atoms with van der Waals surface area (Å²) in [5.41, 5.74) is 2.18. The number of carbonyl (C=O) groups is 1. The number of anilines is 3. The van der Waals surface area contributed by atoms with Crippen LogP contribution < -0.4 is 15.4 Å². The van der Waals surface area contributed by atoms with Gasteiger partial charge in [0, 0.05) is 10.6 Å². The van der Waals surface area contributed by atoms with Crippen LogP contribution in [-0.2, 0) is 27.6 Å². The van der Waals surface area contributed by atoms with Gasteiger partial charge < -0.3 is 15.4 Å². The summed E-state index contributed by atoms with van der Waals surface area (Å²) in [6, 6.07) is 8.91. The molecule has 1 aliphatic carbocycles. The number of sulfonamides is 1. The average molecular weight is 566 g/mol. The first kappa shape index (κ1) is 26.3. The Bertz CT molecular complexity index is 1360. The molecule has 0 amide bonds. The van der Waals surface area contributed by atoms with Gasteiger partial charge in [0.2, 0.25) is 0 Å². The first-order valence-corrected chi connectivity index (χ1v) is 14.4. The second kappa shape index (κ2) is 11.5. The maximum absolute atomic E-state index is 12.7. The standard InChI is InChI=1S/C23H24ClN5O4S3/c1-2-33-22(30)20-16-6-4-3-5-7-17(16)35-21(20)26-23(34)25-14-8-10-15(11-9-14)36(31,32)29-19-13-12-18(24)27-28-19/h8-13H,2-7H2,1H3,(H,28,29)(H2,25,26,34). The van der Waals surface area contributed by atoms with E-state index in [0.717, 1.165) is 37.7 Å². The van der Waals surface area contributed by atoms with Gasteiger partial charge in [0.15, 0.2) is 16.1 Å². The summed E-state index contributed by atoms with van der Waals surface area (Å²) in [5.74, 6) is -0.298. The Kier molecular flexibility index (Phi) is 8.39. The number of hydrogen-bond acceptors (Lipinski definition) is 8. The van der Waals surface area contributed by atoms with Crippen LogP contribution in [0.4, 0.5) is 16.5 Å². The highest BCUT2D eigenvalue weighted by atomic mass is 35.5. The number of nitrogens with zero attached hydrogens (tertiary/aromatic N) is 2. The second-order valence-electron chi connectivity index (χ2n) is 7.94. The number of ether oxygens (including phenoxy) is 1. The zero-order chi connectivity index (χ0) is 25.7. The molecule has 0 unspecified atom stereocenters. The van der Waals surface area contributed by atoms with Crippen LogP contribution in [-0.4, -0.2) is 36.3 Å². The molecule has 0 saturated heterocycles. The van der Waals surface area contributed by atoms with Crippen molar-refractivity contribution in [1.82, 2.24) is 10.2 Å². The number of aromatic nitrogens is 2. The quantitative estimate of drug-likeness (QED) is 0.200. The number of benzene rings is 1. The molecule has 0 aliphatic heterocycles. The number of esters is 1. The van der Waals surface area contributed by atoms with Gasteiger partial charge in [0.25, 0.3) is 10.0 Å². The van der Waals surface area contributed by atoms with Gasteiger partial charge in [-0.1, -0.05) is 18.0 Å². The molecule has 0 fully saturated rings. The van der Waals surface area contributed by atoms with Crippen LogP contribution >= 0.6 is 35.2 Å². The summed E-state index contributed by atoms with van der Waals surface area (Å²) in [4.78, 5) is 14.0. The van der Waals surface area contributed by atoms with E-state index >= 15 is 0 Å². The fourth-order valence-corrected chi connectivity index (χ4v) is 6.46. The molecule has 4 rings (SSSR count). The topological polar surface area (TPSA) is 122 Å². The van der Waals surface area contributed by atoms with Crippen molar-refractivity contribution in [3.63, 3.8) is 0 Å². The van der Waals surface area contributed by atoms with E-state index in [4.69, 9.17) is 28.6 Å². The van der Waals surface area contributed by atoms with E-state index in [1.165, 1.54) is 40.5 Å². The van der Waals surface area contributed by atoms with Crippen LogP contribution in [0.3, 0.4) is 0 Å². The van der Waals surface area contributed by atoms with Crippen LogP contribution in [0.2, 0.25) is 5.15 Å². The number of thiocarbonyl (C=S) groups is 1. The van der Waals surface area contributed by atoms with Gasteiger partial charge in [0.05, 0.1) is 17.1 Å². The van der Waals surface area contributed by atoms with Crippen molar-refractivity contribution in [2.45, 2.75) is 43.9 Å². The Morgan fingerprint density at radius 3 is 2.53 bits per heavy atom. The minimum absolute atomic E-state index is 0.0373. The molecule has 1 aromatic carbocycles. The van der Waals surface area contributed by atoms with Crippen molar-refractivity contribution in [1.29, 1.82) is 0 Å². The highest BCUT2D eigenvalue weighted by Gasteiger charge is 2.26. The van der Waals surface area contributed by atoms with Gasteiger partial charge >= 0.3 is 5.97 Å². The summed E-state index contributed by atoms with van der Waals surface area (Å²) in [5, 5.41) is 14.6. The normalized spacial score (nSPS) is 13.3. The predicted octanol–water partition coefficient (Wildman–Crippen LogP) is 5.25. The third kappa shape index (κ3) is 6.30. The summed E-state index contributed by atoms with van der Waals surface area (Å²) < 4.78 is 32.9. The van der Waals surface area contributed by atoms with E-state index < -0.39 is 10.0 Å². The number of hydrogen-bond donors (Lipinski definition) is 3. The average Bonchev–Trinajstić information content (AvgIpc) is 3.01. The zero-order valence-electron chi connectivity index (χ0n) is 19.3. The lowest BCUT2D eigenvalue weighted by Gasteiger charge is -2.12.